The Hall–Kier alpha value is -0.340. The lowest BCUT2D eigenvalue weighted by Gasteiger charge is -2.36. The van der Waals surface area contributed by atoms with Crippen LogP contribution in [-0.4, -0.2) is 22.8 Å². The minimum Gasteiger partial charge on any atom is -0.296 e. The summed E-state index contributed by atoms with van der Waals surface area (Å²) in [6.45, 7) is 9.12. The Kier molecular flexibility index (Phi) is 5.47. The van der Waals surface area contributed by atoms with Gasteiger partial charge in [0.05, 0.1) is 0 Å². The van der Waals surface area contributed by atoms with Crippen molar-refractivity contribution in [3.8, 4) is 0 Å². The van der Waals surface area contributed by atoms with Crippen LogP contribution in [0.3, 0.4) is 0 Å². The summed E-state index contributed by atoms with van der Waals surface area (Å²) in [5.41, 5.74) is 5.85. The van der Waals surface area contributed by atoms with Crippen molar-refractivity contribution in [2.75, 3.05) is 11.9 Å². The molecule has 1 fully saturated rings. The SMILES string of the molecule is Cc1cc(C)c(CN2CCCCC2CCBr)c(C)c1. The molecule has 1 saturated heterocycles. The Morgan fingerprint density at radius 1 is 1.16 bits per heavy atom. The van der Waals surface area contributed by atoms with Crippen molar-refractivity contribution in [3.63, 3.8) is 0 Å². The Morgan fingerprint density at radius 3 is 2.47 bits per heavy atom. The van der Waals surface area contributed by atoms with Gasteiger partial charge < -0.3 is 0 Å². The summed E-state index contributed by atoms with van der Waals surface area (Å²) in [6.07, 6.45) is 5.42. The average Bonchev–Trinajstić information content (AvgIpc) is 2.36. The molecular weight excluding hydrogens is 298 g/mol. The number of hydrogen-bond donors (Lipinski definition) is 0. The van der Waals surface area contributed by atoms with Crippen LogP contribution in [0.25, 0.3) is 0 Å². The highest BCUT2D eigenvalue weighted by atomic mass is 79.9. The summed E-state index contributed by atoms with van der Waals surface area (Å²) in [4.78, 5) is 2.70. The minimum atomic E-state index is 0.772. The first-order valence-electron chi connectivity index (χ1n) is 7.48. The maximum absolute atomic E-state index is 3.61. The van der Waals surface area contributed by atoms with Crippen LogP contribution in [0, 0.1) is 20.8 Å². The van der Waals surface area contributed by atoms with Crippen LogP contribution in [-0.2, 0) is 6.54 Å². The molecule has 1 aliphatic heterocycles. The second-order valence-corrected chi connectivity index (χ2v) is 6.77. The summed E-state index contributed by atoms with van der Waals surface area (Å²) in [5.74, 6) is 0. The van der Waals surface area contributed by atoms with Gasteiger partial charge in [-0.3, -0.25) is 4.90 Å². The summed E-state index contributed by atoms with van der Waals surface area (Å²) >= 11 is 3.61. The number of alkyl halides is 1. The minimum absolute atomic E-state index is 0.772. The molecule has 1 aromatic rings. The van der Waals surface area contributed by atoms with Crippen LogP contribution in [0.2, 0.25) is 0 Å². The van der Waals surface area contributed by atoms with Crippen molar-refractivity contribution >= 4 is 15.9 Å². The fraction of sp³-hybridized carbons (Fsp3) is 0.647. The number of piperidine rings is 1. The highest BCUT2D eigenvalue weighted by molar-refractivity contribution is 9.09. The third-order valence-corrected chi connectivity index (χ3v) is 4.85. The number of aryl methyl sites for hydroxylation is 3. The summed E-state index contributed by atoms with van der Waals surface area (Å²) in [7, 11) is 0. The largest absolute Gasteiger partial charge is 0.296 e. The van der Waals surface area contributed by atoms with Crippen molar-refractivity contribution in [2.45, 2.75) is 59.0 Å². The van der Waals surface area contributed by atoms with Crippen molar-refractivity contribution in [1.82, 2.24) is 4.90 Å². The van der Waals surface area contributed by atoms with Crippen LogP contribution < -0.4 is 0 Å². The maximum atomic E-state index is 3.61. The van der Waals surface area contributed by atoms with Crippen molar-refractivity contribution < 1.29 is 0 Å². The fourth-order valence-electron chi connectivity index (χ4n) is 3.38. The molecule has 1 heterocycles. The molecule has 1 unspecified atom stereocenters. The highest BCUT2D eigenvalue weighted by Gasteiger charge is 2.22. The Balaban J connectivity index is 2.15. The average molecular weight is 324 g/mol. The van der Waals surface area contributed by atoms with E-state index in [1.807, 2.05) is 0 Å². The van der Waals surface area contributed by atoms with Gasteiger partial charge in [0, 0.05) is 17.9 Å². The molecule has 106 valence electrons. The van der Waals surface area contributed by atoms with Gasteiger partial charge in [0.25, 0.3) is 0 Å². The molecule has 19 heavy (non-hydrogen) atoms. The molecule has 1 atom stereocenters. The molecule has 0 bridgehead atoms. The molecule has 0 aromatic heterocycles. The third-order valence-electron chi connectivity index (χ3n) is 4.39. The predicted molar refractivity (Wildman–Crippen MR) is 87.1 cm³/mol. The van der Waals surface area contributed by atoms with Crippen molar-refractivity contribution in [2.24, 2.45) is 0 Å². The van der Waals surface area contributed by atoms with E-state index in [2.05, 4.69) is 53.7 Å². The van der Waals surface area contributed by atoms with Crippen LogP contribution in [0.5, 0.6) is 0 Å². The maximum Gasteiger partial charge on any atom is 0.0241 e. The predicted octanol–water partition coefficient (Wildman–Crippen LogP) is 4.75. The van der Waals surface area contributed by atoms with Gasteiger partial charge in [0.1, 0.15) is 0 Å². The standard InChI is InChI=1S/C17H26BrN/c1-13-10-14(2)17(15(3)11-13)12-19-9-5-4-6-16(19)7-8-18/h10-11,16H,4-9,12H2,1-3H3. The lowest BCUT2D eigenvalue weighted by molar-refractivity contribution is 0.137. The molecule has 0 N–H and O–H groups in total. The van der Waals surface area contributed by atoms with Gasteiger partial charge in [-0.2, -0.15) is 0 Å². The first-order valence-corrected chi connectivity index (χ1v) is 8.60. The molecule has 2 rings (SSSR count). The lowest BCUT2D eigenvalue weighted by atomic mass is 9.95. The molecule has 0 saturated carbocycles. The Labute approximate surface area is 126 Å². The fourth-order valence-corrected chi connectivity index (χ4v) is 3.91. The van der Waals surface area contributed by atoms with E-state index in [0.29, 0.717) is 0 Å². The quantitative estimate of drug-likeness (QED) is 0.722. The van der Waals surface area contributed by atoms with E-state index in [1.165, 1.54) is 48.9 Å². The number of benzene rings is 1. The number of halogens is 1. The van der Waals surface area contributed by atoms with E-state index in [9.17, 15) is 0 Å². The second-order valence-electron chi connectivity index (χ2n) is 5.98. The van der Waals surface area contributed by atoms with Crippen LogP contribution in [0.1, 0.15) is 47.9 Å². The molecule has 2 heteroatoms. The van der Waals surface area contributed by atoms with Gasteiger partial charge in [-0.05, 0) is 63.3 Å². The van der Waals surface area contributed by atoms with E-state index in [-0.39, 0.29) is 0 Å². The molecule has 1 aromatic carbocycles. The first-order chi connectivity index (χ1) is 9.11. The van der Waals surface area contributed by atoms with E-state index in [1.54, 1.807) is 5.56 Å². The van der Waals surface area contributed by atoms with Gasteiger partial charge in [0.2, 0.25) is 0 Å². The third kappa shape index (κ3) is 3.82. The number of hydrogen-bond acceptors (Lipinski definition) is 1. The Morgan fingerprint density at radius 2 is 1.84 bits per heavy atom. The molecule has 1 aliphatic rings. The highest BCUT2D eigenvalue weighted by Crippen LogP contribution is 2.25. The zero-order valence-electron chi connectivity index (χ0n) is 12.5. The normalized spacial score (nSPS) is 20.7. The van der Waals surface area contributed by atoms with Crippen LogP contribution in [0.4, 0.5) is 0 Å². The summed E-state index contributed by atoms with van der Waals surface area (Å²) < 4.78 is 0. The van der Waals surface area contributed by atoms with E-state index >= 15 is 0 Å². The smallest absolute Gasteiger partial charge is 0.0241 e. The molecule has 1 nitrogen and oxygen atoms in total. The lowest BCUT2D eigenvalue weighted by Crippen LogP contribution is -2.39. The van der Waals surface area contributed by atoms with Gasteiger partial charge in [-0.1, -0.05) is 40.0 Å². The molecular formula is C17H26BrN. The monoisotopic (exact) mass is 323 g/mol. The van der Waals surface area contributed by atoms with Gasteiger partial charge >= 0.3 is 0 Å². The summed E-state index contributed by atoms with van der Waals surface area (Å²) in [5, 5.41) is 1.13. The van der Waals surface area contributed by atoms with Gasteiger partial charge in [-0.15, -0.1) is 0 Å². The van der Waals surface area contributed by atoms with E-state index in [0.717, 1.165) is 17.9 Å². The first kappa shape index (κ1) is 15.1. The van der Waals surface area contributed by atoms with Crippen molar-refractivity contribution in [1.29, 1.82) is 0 Å². The molecule has 0 amide bonds. The second kappa shape index (κ2) is 6.90. The van der Waals surface area contributed by atoms with Crippen LogP contribution in [0.15, 0.2) is 12.1 Å². The topological polar surface area (TPSA) is 3.24 Å². The summed E-state index contributed by atoms with van der Waals surface area (Å²) in [6, 6.07) is 5.42. The zero-order chi connectivity index (χ0) is 13.8. The zero-order valence-corrected chi connectivity index (χ0v) is 14.1. The van der Waals surface area contributed by atoms with E-state index in [4.69, 9.17) is 0 Å². The van der Waals surface area contributed by atoms with Gasteiger partial charge in [-0.25, -0.2) is 0 Å². The molecule has 0 spiro atoms. The number of likely N-dealkylation sites (tertiary alicyclic amines) is 1. The molecule has 0 radical (unpaired) electrons. The number of nitrogens with zero attached hydrogens (tertiary/aromatic N) is 1. The van der Waals surface area contributed by atoms with Crippen LogP contribution >= 0.6 is 15.9 Å². The Bertz CT molecular complexity index is 402. The van der Waals surface area contributed by atoms with Gasteiger partial charge in [0.15, 0.2) is 0 Å². The molecule has 0 aliphatic carbocycles. The van der Waals surface area contributed by atoms with Crippen molar-refractivity contribution in [3.05, 3.63) is 34.4 Å². The number of rotatable bonds is 4. The van der Waals surface area contributed by atoms with E-state index < -0.39 is 0 Å².